The number of para-hydroxylation sites is 1. The molecule has 5 aromatic rings. The molecule has 0 fully saturated rings. The van der Waals surface area contributed by atoms with Gasteiger partial charge in [0.05, 0.1) is 22.5 Å². The van der Waals surface area contributed by atoms with Crippen molar-refractivity contribution in [2.75, 3.05) is 0 Å². The summed E-state index contributed by atoms with van der Waals surface area (Å²) in [6.07, 6.45) is -3.04. The first kappa shape index (κ1) is 20.6. The van der Waals surface area contributed by atoms with E-state index in [2.05, 4.69) is 10.1 Å². The maximum absolute atomic E-state index is 14.7. The van der Waals surface area contributed by atoms with Crippen molar-refractivity contribution in [3.63, 3.8) is 0 Å². The van der Waals surface area contributed by atoms with Gasteiger partial charge in [-0.25, -0.2) is 14.1 Å². The molecule has 33 heavy (non-hydrogen) atoms. The van der Waals surface area contributed by atoms with Gasteiger partial charge in [-0.2, -0.15) is 13.2 Å². The Kier molecular flexibility index (Phi) is 4.81. The van der Waals surface area contributed by atoms with Gasteiger partial charge >= 0.3 is 6.18 Å². The predicted molar refractivity (Wildman–Crippen MR) is 115 cm³/mol. The fourth-order valence-corrected chi connectivity index (χ4v) is 3.54. The van der Waals surface area contributed by atoms with Gasteiger partial charge in [-0.1, -0.05) is 30.3 Å². The number of benzene rings is 3. The van der Waals surface area contributed by atoms with Crippen molar-refractivity contribution in [3.05, 3.63) is 107 Å². The van der Waals surface area contributed by atoms with Crippen LogP contribution < -0.4 is 5.56 Å². The van der Waals surface area contributed by atoms with Crippen LogP contribution in [0.25, 0.3) is 33.8 Å². The van der Waals surface area contributed by atoms with E-state index >= 15 is 0 Å². The molecule has 0 amide bonds. The van der Waals surface area contributed by atoms with E-state index in [1.54, 1.807) is 30.3 Å². The van der Waals surface area contributed by atoms with Gasteiger partial charge < -0.3 is 0 Å². The highest BCUT2D eigenvalue weighted by atomic mass is 19.4. The molecule has 164 valence electrons. The lowest BCUT2D eigenvalue weighted by Crippen LogP contribution is -2.22. The zero-order valence-electron chi connectivity index (χ0n) is 16.8. The number of nitrogens with zero attached hydrogens (tertiary/aromatic N) is 4. The molecule has 5 nitrogen and oxygen atoms in total. The molecule has 0 aliphatic carbocycles. The Labute approximate surface area is 184 Å². The third-order valence-corrected chi connectivity index (χ3v) is 5.14. The molecule has 9 heteroatoms. The first-order valence-corrected chi connectivity index (χ1v) is 9.83. The van der Waals surface area contributed by atoms with Gasteiger partial charge in [0.1, 0.15) is 11.2 Å². The summed E-state index contributed by atoms with van der Waals surface area (Å²) >= 11 is 0. The Bertz CT molecular complexity index is 1520. The van der Waals surface area contributed by atoms with Crippen molar-refractivity contribution in [1.29, 1.82) is 0 Å². The molecular formula is C24H14F4N4O. The average molecular weight is 450 g/mol. The van der Waals surface area contributed by atoms with Crippen molar-refractivity contribution < 1.29 is 17.6 Å². The molecule has 0 spiro atoms. The van der Waals surface area contributed by atoms with Crippen LogP contribution in [-0.2, 0) is 6.18 Å². The van der Waals surface area contributed by atoms with Gasteiger partial charge in [-0.3, -0.25) is 9.36 Å². The Hall–Kier alpha value is -4.27. The first-order valence-electron chi connectivity index (χ1n) is 9.83. The lowest BCUT2D eigenvalue weighted by atomic mass is 10.1. The van der Waals surface area contributed by atoms with Crippen LogP contribution in [0.1, 0.15) is 5.56 Å². The SMILES string of the molecule is O=c1c2cn(-c3ccccc3)nc2nc(-c2ccccc2F)n1-c1ccc(C(F)(F)F)cc1. The quantitative estimate of drug-likeness (QED) is 0.346. The molecule has 5 rings (SSSR count). The molecule has 0 radical (unpaired) electrons. The summed E-state index contributed by atoms with van der Waals surface area (Å²) in [5, 5.41) is 4.50. The molecule has 0 unspecified atom stereocenters. The largest absolute Gasteiger partial charge is 0.416 e. The topological polar surface area (TPSA) is 52.7 Å². The fourth-order valence-electron chi connectivity index (χ4n) is 3.54. The maximum atomic E-state index is 14.7. The van der Waals surface area contributed by atoms with Crippen molar-refractivity contribution >= 4 is 11.0 Å². The molecule has 0 saturated heterocycles. The zero-order valence-corrected chi connectivity index (χ0v) is 16.8. The van der Waals surface area contributed by atoms with Gasteiger partial charge in [0, 0.05) is 6.20 Å². The van der Waals surface area contributed by atoms with E-state index in [4.69, 9.17) is 0 Å². The zero-order chi connectivity index (χ0) is 23.2. The third-order valence-electron chi connectivity index (χ3n) is 5.14. The van der Waals surface area contributed by atoms with E-state index in [1.807, 2.05) is 6.07 Å². The van der Waals surface area contributed by atoms with E-state index in [0.717, 1.165) is 28.8 Å². The number of hydrogen-bond acceptors (Lipinski definition) is 3. The predicted octanol–water partition coefficient (Wildman–Crippen LogP) is 5.40. The van der Waals surface area contributed by atoms with Crippen LogP contribution in [0.5, 0.6) is 0 Å². The van der Waals surface area contributed by atoms with Crippen LogP contribution in [0.3, 0.4) is 0 Å². The molecule has 0 N–H and O–H groups in total. The number of hydrogen-bond donors (Lipinski definition) is 0. The highest BCUT2D eigenvalue weighted by Gasteiger charge is 2.30. The molecule has 2 aromatic heterocycles. The Morgan fingerprint density at radius 3 is 2.12 bits per heavy atom. The normalized spacial score (nSPS) is 11.8. The molecule has 2 heterocycles. The minimum atomic E-state index is -4.53. The average Bonchev–Trinajstić information content (AvgIpc) is 3.24. The molecular weight excluding hydrogens is 436 g/mol. The number of fused-ring (bicyclic) bond motifs is 1. The molecule has 0 aliphatic heterocycles. The van der Waals surface area contributed by atoms with Crippen LogP contribution in [0.15, 0.2) is 89.9 Å². The minimum absolute atomic E-state index is 0.0191. The second-order valence-electron chi connectivity index (χ2n) is 7.25. The molecule has 0 atom stereocenters. The second kappa shape index (κ2) is 7.70. The summed E-state index contributed by atoms with van der Waals surface area (Å²) in [5.41, 5.74) is -0.537. The summed E-state index contributed by atoms with van der Waals surface area (Å²) in [6.45, 7) is 0. The summed E-state index contributed by atoms with van der Waals surface area (Å²) in [5.74, 6) is -0.699. The fraction of sp³-hybridized carbons (Fsp3) is 0.0417. The van der Waals surface area contributed by atoms with Gasteiger partial charge in [0.2, 0.25) is 0 Å². The smallest absolute Gasteiger partial charge is 0.268 e. The van der Waals surface area contributed by atoms with Crippen molar-refractivity contribution in [1.82, 2.24) is 19.3 Å². The van der Waals surface area contributed by atoms with Gasteiger partial charge in [-0.15, -0.1) is 5.10 Å². The first-order chi connectivity index (χ1) is 15.8. The highest BCUT2D eigenvalue weighted by molar-refractivity contribution is 5.77. The minimum Gasteiger partial charge on any atom is -0.268 e. The molecule has 0 bridgehead atoms. The van der Waals surface area contributed by atoms with Crippen molar-refractivity contribution in [2.45, 2.75) is 6.18 Å². The van der Waals surface area contributed by atoms with E-state index in [9.17, 15) is 22.4 Å². The molecule has 0 saturated carbocycles. The van der Waals surface area contributed by atoms with Gasteiger partial charge in [0.15, 0.2) is 11.5 Å². The maximum Gasteiger partial charge on any atom is 0.416 e. The lowest BCUT2D eigenvalue weighted by molar-refractivity contribution is -0.137. The number of aromatic nitrogens is 4. The standard InChI is InChI=1S/C24H14F4N4O/c25-20-9-5-4-8-18(20)22-29-21-19(14-31(30-21)16-6-2-1-3-7-16)23(33)32(22)17-12-10-15(11-13-17)24(26,27)28/h1-14H. The Morgan fingerprint density at radius 1 is 0.788 bits per heavy atom. The van der Waals surface area contributed by atoms with E-state index in [-0.39, 0.29) is 28.1 Å². The summed E-state index contributed by atoms with van der Waals surface area (Å²) in [6, 6.07) is 18.8. The van der Waals surface area contributed by atoms with E-state index in [0.29, 0.717) is 5.69 Å². The van der Waals surface area contributed by atoms with Crippen LogP contribution in [-0.4, -0.2) is 19.3 Å². The van der Waals surface area contributed by atoms with Gasteiger partial charge in [-0.05, 0) is 48.5 Å². The Balaban J connectivity index is 1.79. The van der Waals surface area contributed by atoms with Crippen molar-refractivity contribution in [3.8, 4) is 22.8 Å². The molecule has 0 aliphatic rings. The lowest BCUT2D eigenvalue weighted by Gasteiger charge is -2.14. The van der Waals surface area contributed by atoms with Gasteiger partial charge in [0.25, 0.3) is 5.56 Å². The van der Waals surface area contributed by atoms with E-state index in [1.165, 1.54) is 29.1 Å². The number of halogens is 4. The van der Waals surface area contributed by atoms with Crippen molar-refractivity contribution in [2.24, 2.45) is 0 Å². The van der Waals surface area contributed by atoms with E-state index < -0.39 is 23.1 Å². The van der Waals surface area contributed by atoms with Crippen LogP contribution >= 0.6 is 0 Å². The second-order valence-corrected chi connectivity index (χ2v) is 7.25. The summed E-state index contributed by atoms with van der Waals surface area (Å²) in [4.78, 5) is 17.9. The van der Waals surface area contributed by atoms with Crippen LogP contribution in [0, 0.1) is 5.82 Å². The Morgan fingerprint density at radius 2 is 1.45 bits per heavy atom. The highest BCUT2D eigenvalue weighted by Crippen LogP contribution is 2.30. The monoisotopic (exact) mass is 450 g/mol. The van der Waals surface area contributed by atoms with Crippen LogP contribution in [0.2, 0.25) is 0 Å². The summed E-state index contributed by atoms with van der Waals surface area (Å²) in [7, 11) is 0. The third kappa shape index (κ3) is 3.67. The number of rotatable bonds is 3. The molecule has 3 aromatic carbocycles. The summed E-state index contributed by atoms with van der Waals surface area (Å²) < 4.78 is 56.3. The number of alkyl halides is 3. The van der Waals surface area contributed by atoms with Crippen LogP contribution in [0.4, 0.5) is 17.6 Å².